The minimum absolute atomic E-state index is 0.513. The molecule has 118 valence electrons. The van der Waals surface area contributed by atoms with E-state index in [1.165, 1.54) is 64.7 Å². The molecule has 1 heterocycles. The van der Waals surface area contributed by atoms with Gasteiger partial charge in [0.15, 0.2) is 0 Å². The molecule has 2 atom stereocenters. The maximum absolute atomic E-state index is 5.57. The first-order chi connectivity index (χ1) is 9.69. The van der Waals surface area contributed by atoms with Gasteiger partial charge in [-0.1, -0.05) is 13.8 Å². The summed E-state index contributed by atoms with van der Waals surface area (Å²) in [6.07, 6.45) is 8.52. The molecule has 20 heavy (non-hydrogen) atoms. The van der Waals surface area contributed by atoms with Gasteiger partial charge in [0.2, 0.25) is 0 Å². The molecule has 1 aliphatic heterocycles. The van der Waals surface area contributed by atoms with E-state index in [-0.39, 0.29) is 0 Å². The lowest BCUT2D eigenvalue weighted by molar-refractivity contribution is 0.0177. The van der Waals surface area contributed by atoms with E-state index in [9.17, 15) is 0 Å². The van der Waals surface area contributed by atoms with Gasteiger partial charge in [0.05, 0.1) is 6.10 Å². The van der Waals surface area contributed by atoms with Crippen LogP contribution in [0.3, 0.4) is 0 Å². The Morgan fingerprint density at radius 1 is 1.15 bits per heavy atom. The van der Waals surface area contributed by atoms with Crippen molar-refractivity contribution in [3.63, 3.8) is 0 Å². The molecule has 3 heteroatoms. The molecule has 0 aromatic rings. The lowest BCUT2D eigenvalue weighted by Crippen LogP contribution is -2.46. The zero-order valence-corrected chi connectivity index (χ0v) is 13.7. The summed E-state index contributed by atoms with van der Waals surface area (Å²) in [5, 5.41) is 3.63. The Labute approximate surface area is 125 Å². The molecule has 2 unspecified atom stereocenters. The molecule has 2 fully saturated rings. The molecule has 0 bridgehead atoms. The van der Waals surface area contributed by atoms with Crippen LogP contribution in [0.4, 0.5) is 0 Å². The summed E-state index contributed by atoms with van der Waals surface area (Å²) in [7, 11) is 1.87. The van der Waals surface area contributed by atoms with Crippen molar-refractivity contribution in [1.29, 1.82) is 0 Å². The van der Waals surface area contributed by atoms with Crippen molar-refractivity contribution in [2.24, 2.45) is 11.8 Å². The van der Waals surface area contributed by atoms with Crippen LogP contribution in [-0.4, -0.2) is 50.3 Å². The van der Waals surface area contributed by atoms with Crippen LogP contribution in [0, 0.1) is 11.8 Å². The van der Waals surface area contributed by atoms with Crippen LogP contribution < -0.4 is 5.32 Å². The van der Waals surface area contributed by atoms with Crippen molar-refractivity contribution < 1.29 is 4.74 Å². The highest BCUT2D eigenvalue weighted by atomic mass is 16.5. The summed E-state index contributed by atoms with van der Waals surface area (Å²) in [4.78, 5) is 2.74. The van der Waals surface area contributed by atoms with Crippen LogP contribution in [0.25, 0.3) is 0 Å². The Morgan fingerprint density at radius 2 is 1.90 bits per heavy atom. The van der Waals surface area contributed by atoms with Gasteiger partial charge in [-0.15, -0.1) is 0 Å². The molecule has 0 aromatic carbocycles. The van der Waals surface area contributed by atoms with Gasteiger partial charge in [-0.2, -0.15) is 0 Å². The fourth-order valence-electron chi connectivity index (χ4n) is 3.76. The van der Waals surface area contributed by atoms with Crippen LogP contribution in [0.5, 0.6) is 0 Å². The SMILES string of the molecule is COC1CCCC(N2CCC(CNCC(C)C)CC2)C1. The van der Waals surface area contributed by atoms with Gasteiger partial charge in [0.25, 0.3) is 0 Å². The number of methoxy groups -OCH3 is 1. The normalized spacial score (nSPS) is 30.0. The van der Waals surface area contributed by atoms with E-state index in [2.05, 4.69) is 24.1 Å². The lowest BCUT2D eigenvalue weighted by atomic mass is 9.88. The van der Waals surface area contributed by atoms with Gasteiger partial charge in [0.1, 0.15) is 0 Å². The zero-order valence-electron chi connectivity index (χ0n) is 13.7. The molecule has 0 radical (unpaired) electrons. The van der Waals surface area contributed by atoms with Crippen molar-refractivity contribution in [1.82, 2.24) is 10.2 Å². The quantitative estimate of drug-likeness (QED) is 0.811. The number of nitrogens with one attached hydrogen (secondary N) is 1. The van der Waals surface area contributed by atoms with Crippen molar-refractivity contribution in [3.8, 4) is 0 Å². The number of nitrogens with zero attached hydrogens (tertiary/aromatic N) is 1. The molecule has 2 aliphatic rings. The minimum atomic E-state index is 0.513. The molecule has 0 amide bonds. The Bertz CT molecular complexity index is 262. The van der Waals surface area contributed by atoms with E-state index in [0.717, 1.165) is 17.9 Å². The van der Waals surface area contributed by atoms with Crippen LogP contribution in [-0.2, 0) is 4.74 Å². The van der Waals surface area contributed by atoms with E-state index in [4.69, 9.17) is 4.74 Å². The van der Waals surface area contributed by atoms with E-state index in [1.54, 1.807) is 0 Å². The van der Waals surface area contributed by atoms with Crippen molar-refractivity contribution in [3.05, 3.63) is 0 Å². The zero-order chi connectivity index (χ0) is 14.4. The molecule has 1 saturated carbocycles. The fraction of sp³-hybridized carbons (Fsp3) is 1.00. The molecule has 0 spiro atoms. The molecular weight excluding hydrogens is 248 g/mol. The number of hydrogen-bond acceptors (Lipinski definition) is 3. The third kappa shape index (κ3) is 5.01. The summed E-state index contributed by atoms with van der Waals surface area (Å²) >= 11 is 0. The summed E-state index contributed by atoms with van der Waals surface area (Å²) < 4.78 is 5.57. The fourth-order valence-corrected chi connectivity index (χ4v) is 3.76. The van der Waals surface area contributed by atoms with E-state index in [0.29, 0.717) is 6.10 Å². The van der Waals surface area contributed by atoms with Gasteiger partial charge < -0.3 is 15.0 Å². The number of piperidine rings is 1. The molecule has 1 aliphatic carbocycles. The average molecular weight is 282 g/mol. The van der Waals surface area contributed by atoms with E-state index in [1.807, 2.05) is 7.11 Å². The average Bonchev–Trinajstić information content (AvgIpc) is 2.48. The topological polar surface area (TPSA) is 24.5 Å². The summed E-state index contributed by atoms with van der Waals surface area (Å²) in [6, 6.07) is 0.790. The van der Waals surface area contributed by atoms with Crippen molar-refractivity contribution >= 4 is 0 Å². The number of ether oxygens (including phenoxy) is 1. The van der Waals surface area contributed by atoms with Gasteiger partial charge >= 0.3 is 0 Å². The molecule has 2 rings (SSSR count). The lowest BCUT2D eigenvalue weighted by Gasteiger charge is -2.41. The van der Waals surface area contributed by atoms with Crippen molar-refractivity contribution in [2.75, 3.05) is 33.3 Å². The van der Waals surface area contributed by atoms with Crippen LogP contribution in [0.2, 0.25) is 0 Å². The van der Waals surface area contributed by atoms with Gasteiger partial charge in [-0.3, -0.25) is 0 Å². The summed E-state index contributed by atoms with van der Waals surface area (Å²) in [5.41, 5.74) is 0. The van der Waals surface area contributed by atoms with Gasteiger partial charge in [-0.05, 0) is 76.5 Å². The van der Waals surface area contributed by atoms with Crippen LogP contribution in [0.1, 0.15) is 52.4 Å². The predicted molar refractivity (Wildman–Crippen MR) is 85.1 cm³/mol. The smallest absolute Gasteiger partial charge is 0.0586 e. The third-order valence-corrected chi connectivity index (χ3v) is 5.08. The maximum Gasteiger partial charge on any atom is 0.0586 e. The van der Waals surface area contributed by atoms with Gasteiger partial charge in [-0.25, -0.2) is 0 Å². The van der Waals surface area contributed by atoms with E-state index < -0.39 is 0 Å². The largest absolute Gasteiger partial charge is 0.381 e. The number of rotatable bonds is 6. The molecule has 1 N–H and O–H groups in total. The third-order valence-electron chi connectivity index (χ3n) is 5.08. The highest BCUT2D eigenvalue weighted by Gasteiger charge is 2.29. The van der Waals surface area contributed by atoms with Crippen molar-refractivity contribution in [2.45, 2.75) is 64.5 Å². The van der Waals surface area contributed by atoms with Crippen LogP contribution >= 0.6 is 0 Å². The Morgan fingerprint density at radius 3 is 2.55 bits per heavy atom. The molecule has 1 saturated heterocycles. The van der Waals surface area contributed by atoms with E-state index >= 15 is 0 Å². The van der Waals surface area contributed by atoms with Gasteiger partial charge in [0, 0.05) is 13.2 Å². The first kappa shape index (κ1) is 16.3. The number of likely N-dealkylation sites (tertiary alicyclic amines) is 1. The standard InChI is InChI=1S/C17H34N2O/c1-14(2)12-18-13-15-7-9-19(10-8-15)16-5-4-6-17(11-16)20-3/h14-18H,4-13H2,1-3H3. The predicted octanol–water partition coefficient (Wildman–Crippen LogP) is 2.90. The maximum atomic E-state index is 5.57. The number of hydrogen-bond donors (Lipinski definition) is 1. The molecular formula is C17H34N2O. The first-order valence-corrected chi connectivity index (χ1v) is 8.66. The second-order valence-electron chi connectivity index (χ2n) is 7.21. The monoisotopic (exact) mass is 282 g/mol. The van der Waals surface area contributed by atoms with Crippen LogP contribution in [0.15, 0.2) is 0 Å². The Balaban J connectivity index is 1.66. The molecule has 0 aromatic heterocycles. The highest BCUT2D eigenvalue weighted by Crippen LogP contribution is 2.28. The second-order valence-corrected chi connectivity index (χ2v) is 7.21. The first-order valence-electron chi connectivity index (χ1n) is 8.66. The second kappa shape index (κ2) is 8.35. The molecule has 3 nitrogen and oxygen atoms in total. The summed E-state index contributed by atoms with van der Waals surface area (Å²) in [5.74, 6) is 1.66. The highest BCUT2D eigenvalue weighted by molar-refractivity contribution is 4.84. The minimum Gasteiger partial charge on any atom is -0.381 e. The Kier molecular flexibility index (Phi) is 6.79. The Hall–Kier alpha value is -0.120. The summed E-state index contributed by atoms with van der Waals surface area (Å²) in [6.45, 7) is 9.55.